The standard InChI is InChI=1S/C25H26N6O3/c32-19-9-7-18(8-10-19)30-15-17-13-21(24(14-20(17)28-30)29-12-2-11-26-29)27-25(33)23-4-1-3-22(31(23)34)16-5-6-16/h1-4,11-16,18-19,32H,5-10H2,(H,27,33). The first-order chi connectivity index (χ1) is 16.6. The highest BCUT2D eigenvalue weighted by Gasteiger charge is 2.33. The predicted octanol–water partition coefficient (Wildman–Crippen LogP) is 3.46. The molecule has 2 aliphatic carbocycles. The summed E-state index contributed by atoms with van der Waals surface area (Å²) in [5.74, 6) is -0.216. The molecule has 2 N–H and O–H groups in total. The normalized spacial score (nSPS) is 20.5. The van der Waals surface area contributed by atoms with Crippen LogP contribution in [0.15, 0.2) is 55.0 Å². The molecular formula is C25H26N6O3. The number of pyridine rings is 1. The highest BCUT2D eigenvalue weighted by atomic mass is 16.5. The first-order valence-electron chi connectivity index (χ1n) is 11.8. The maximum Gasteiger partial charge on any atom is 0.321 e. The molecule has 0 spiro atoms. The summed E-state index contributed by atoms with van der Waals surface area (Å²) in [6.07, 6.45) is 10.5. The monoisotopic (exact) mass is 458 g/mol. The molecule has 0 saturated heterocycles. The molecule has 9 nitrogen and oxygen atoms in total. The van der Waals surface area contributed by atoms with Gasteiger partial charge < -0.3 is 15.6 Å². The number of aliphatic hydroxyl groups excluding tert-OH is 1. The van der Waals surface area contributed by atoms with Crippen molar-refractivity contribution in [1.29, 1.82) is 0 Å². The zero-order valence-electron chi connectivity index (χ0n) is 18.7. The second-order valence-corrected chi connectivity index (χ2v) is 9.31. The molecule has 2 aliphatic rings. The maximum atomic E-state index is 13.2. The Kier molecular flexibility index (Phi) is 5.06. The third-order valence-corrected chi connectivity index (χ3v) is 6.88. The maximum absolute atomic E-state index is 13.2. The molecule has 174 valence electrons. The highest BCUT2D eigenvalue weighted by Crippen LogP contribution is 2.38. The quantitative estimate of drug-likeness (QED) is 0.351. The number of carbonyl (C=O) groups is 1. The number of hydrogen-bond acceptors (Lipinski definition) is 5. The van der Waals surface area contributed by atoms with E-state index in [2.05, 4.69) is 10.4 Å². The van der Waals surface area contributed by atoms with Crippen molar-refractivity contribution in [1.82, 2.24) is 19.6 Å². The zero-order chi connectivity index (χ0) is 23.2. The lowest BCUT2D eigenvalue weighted by atomic mass is 9.93. The summed E-state index contributed by atoms with van der Waals surface area (Å²) in [7, 11) is 0. The number of aliphatic hydroxyl groups is 1. The number of rotatable bonds is 5. The fourth-order valence-corrected chi connectivity index (χ4v) is 4.84. The van der Waals surface area contributed by atoms with Gasteiger partial charge in [0.1, 0.15) is 0 Å². The van der Waals surface area contributed by atoms with E-state index in [-0.39, 0.29) is 23.8 Å². The topological polar surface area (TPSA) is 112 Å². The van der Waals surface area contributed by atoms with Crippen molar-refractivity contribution in [2.24, 2.45) is 0 Å². The average Bonchev–Trinajstić information content (AvgIpc) is 3.36. The Balaban J connectivity index is 1.36. The van der Waals surface area contributed by atoms with E-state index in [1.54, 1.807) is 35.3 Å². The first kappa shape index (κ1) is 20.9. The van der Waals surface area contributed by atoms with Crippen molar-refractivity contribution in [2.75, 3.05) is 5.32 Å². The molecule has 0 atom stereocenters. The molecule has 0 unspecified atom stereocenters. The molecule has 3 aromatic heterocycles. The van der Waals surface area contributed by atoms with Crippen molar-refractivity contribution >= 4 is 22.5 Å². The van der Waals surface area contributed by atoms with Crippen LogP contribution in [0.2, 0.25) is 0 Å². The molecule has 6 rings (SSSR count). The van der Waals surface area contributed by atoms with Gasteiger partial charge in [-0.2, -0.15) is 14.9 Å². The van der Waals surface area contributed by atoms with Crippen LogP contribution in [0.4, 0.5) is 5.69 Å². The summed E-state index contributed by atoms with van der Waals surface area (Å²) in [4.78, 5) is 13.2. The van der Waals surface area contributed by atoms with Crippen LogP contribution in [-0.4, -0.2) is 36.7 Å². The van der Waals surface area contributed by atoms with E-state index in [0.717, 1.165) is 54.2 Å². The third-order valence-electron chi connectivity index (χ3n) is 6.88. The Morgan fingerprint density at radius 2 is 1.94 bits per heavy atom. The lowest BCUT2D eigenvalue weighted by Gasteiger charge is -2.25. The summed E-state index contributed by atoms with van der Waals surface area (Å²) in [6.45, 7) is 0. The Morgan fingerprint density at radius 1 is 1.12 bits per heavy atom. The van der Waals surface area contributed by atoms with Gasteiger partial charge in [-0.05, 0) is 62.8 Å². The van der Waals surface area contributed by atoms with Crippen LogP contribution in [0, 0.1) is 5.21 Å². The van der Waals surface area contributed by atoms with Gasteiger partial charge in [-0.25, -0.2) is 4.68 Å². The van der Waals surface area contributed by atoms with Gasteiger partial charge in [0.15, 0.2) is 5.69 Å². The third kappa shape index (κ3) is 3.81. The predicted molar refractivity (Wildman–Crippen MR) is 126 cm³/mol. The molecule has 2 fully saturated rings. The minimum Gasteiger partial charge on any atom is -0.618 e. The Morgan fingerprint density at radius 3 is 2.68 bits per heavy atom. The average molecular weight is 459 g/mol. The lowest BCUT2D eigenvalue weighted by Crippen LogP contribution is -2.40. The van der Waals surface area contributed by atoms with Gasteiger partial charge in [0.05, 0.1) is 29.0 Å². The van der Waals surface area contributed by atoms with E-state index in [9.17, 15) is 15.1 Å². The Labute approximate surface area is 196 Å². The number of benzene rings is 1. The van der Waals surface area contributed by atoms with Crippen molar-refractivity contribution < 1.29 is 14.6 Å². The number of nitrogens with zero attached hydrogens (tertiary/aromatic N) is 5. The smallest absolute Gasteiger partial charge is 0.321 e. The summed E-state index contributed by atoms with van der Waals surface area (Å²) in [5.41, 5.74) is 2.74. The van der Waals surface area contributed by atoms with E-state index in [0.29, 0.717) is 17.1 Å². The lowest BCUT2D eigenvalue weighted by molar-refractivity contribution is -0.616. The second-order valence-electron chi connectivity index (χ2n) is 9.31. The molecule has 4 aromatic rings. The summed E-state index contributed by atoms with van der Waals surface area (Å²) in [6, 6.07) is 10.9. The number of amides is 1. The molecule has 1 aromatic carbocycles. The van der Waals surface area contributed by atoms with Gasteiger partial charge in [-0.3, -0.25) is 9.48 Å². The number of hydrogen-bond donors (Lipinski definition) is 2. The van der Waals surface area contributed by atoms with Crippen LogP contribution in [0.5, 0.6) is 0 Å². The van der Waals surface area contributed by atoms with Crippen LogP contribution in [-0.2, 0) is 0 Å². The summed E-state index contributed by atoms with van der Waals surface area (Å²) in [5, 5.41) is 35.6. The van der Waals surface area contributed by atoms with Crippen LogP contribution in [0.25, 0.3) is 16.6 Å². The largest absolute Gasteiger partial charge is 0.618 e. The fraction of sp³-hybridized carbons (Fsp3) is 0.360. The van der Waals surface area contributed by atoms with E-state index < -0.39 is 5.91 Å². The summed E-state index contributed by atoms with van der Waals surface area (Å²) < 4.78 is 4.41. The first-order valence-corrected chi connectivity index (χ1v) is 11.8. The highest BCUT2D eigenvalue weighted by molar-refractivity contribution is 6.04. The van der Waals surface area contributed by atoms with Crippen LogP contribution in [0.3, 0.4) is 0 Å². The molecule has 1 amide bonds. The van der Waals surface area contributed by atoms with Crippen LogP contribution < -0.4 is 10.0 Å². The van der Waals surface area contributed by atoms with Crippen LogP contribution in [0.1, 0.15) is 66.7 Å². The SMILES string of the molecule is O=C(Nc1cc2cn(C3CCC(O)CC3)nc2cc1-n1cccn1)c1cccc(C2CC2)[n+]1[O-]. The molecule has 34 heavy (non-hydrogen) atoms. The van der Waals surface area contributed by atoms with Gasteiger partial charge in [0, 0.05) is 42.0 Å². The molecule has 3 heterocycles. The molecule has 0 bridgehead atoms. The summed E-state index contributed by atoms with van der Waals surface area (Å²) >= 11 is 0. The van der Waals surface area contributed by atoms with Crippen molar-refractivity contribution in [3.05, 3.63) is 71.6 Å². The van der Waals surface area contributed by atoms with Crippen LogP contribution >= 0.6 is 0 Å². The zero-order valence-corrected chi connectivity index (χ0v) is 18.7. The van der Waals surface area contributed by atoms with Gasteiger partial charge in [-0.1, -0.05) is 0 Å². The Hall–Kier alpha value is -3.72. The molecule has 9 heteroatoms. The van der Waals surface area contributed by atoms with Gasteiger partial charge in [-0.15, -0.1) is 0 Å². The second kappa shape index (κ2) is 8.25. The van der Waals surface area contributed by atoms with Gasteiger partial charge >= 0.3 is 5.91 Å². The fourth-order valence-electron chi connectivity index (χ4n) is 4.84. The van der Waals surface area contributed by atoms with E-state index >= 15 is 0 Å². The van der Waals surface area contributed by atoms with E-state index in [1.165, 1.54) is 0 Å². The number of carbonyl (C=O) groups excluding carboxylic acids is 1. The number of fused-ring (bicyclic) bond motifs is 1. The molecule has 0 radical (unpaired) electrons. The molecule has 0 aliphatic heterocycles. The number of nitrogens with one attached hydrogen (secondary N) is 1. The minimum atomic E-state index is -0.459. The minimum absolute atomic E-state index is 0.0763. The Bertz CT molecular complexity index is 1350. The molecule has 2 saturated carbocycles. The number of anilines is 1. The molecular weight excluding hydrogens is 432 g/mol. The van der Waals surface area contributed by atoms with Crippen molar-refractivity contribution in [2.45, 2.75) is 56.6 Å². The van der Waals surface area contributed by atoms with Gasteiger partial charge in [0.25, 0.3) is 5.69 Å². The van der Waals surface area contributed by atoms with Gasteiger partial charge in [0.2, 0.25) is 0 Å². The number of aromatic nitrogens is 5. The van der Waals surface area contributed by atoms with Crippen molar-refractivity contribution in [3.63, 3.8) is 0 Å². The van der Waals surface area contributed by atoms with E-state index in [1.807, 2.05) is 29.1 Å². The van der Waals surface area contributed by atoms with Crippen molar-refractivity contribution in [3.8, 4) is 5.69 Å². The van der Waals surface area contributed by atoms with E-state index in [4.69, 9.17) is 5.10 Å².